The summed E-state index contributed by atoms with van der Waals surface area (Å²) in [5.41, 5.74) is 6.01. The summed E-state index contributed by atoms with van der Waals surface area (Å²) >= 11 is 0. The molecule has 1 heterocycles. The number of hydrogen-bond donors (Lipinski definition) is 1. The van der Waals surface area contributed by atoms with Crippen LogP contribution in [0.4, 0.5) is 13.2 Å². The van der Waals surface area contributed by atoms with Crippen LogP contribution in [0.25, 0.3) is 0 Å². The molecular formula is C15H26F3N3. The topological polar surface area (TPSA) is 41.6 Å². The van der Waals surface area contributed by atoms with Crippen LogP contribution in [-0.2, 0) is 0 Å². The molecule has 0 aromatic rings. The Labute approximate surface area is 124 Å². The van der Waals surface area contributed by atoms with E-state index in [4.69, 9.17) is 5.73 Å². The largest absolute Gasteiger partial charge is 0.391 e. The molecule has 122 valence electrons. The van der Waals surface area contributed by atoms with Crippen molar-refractivity contribution in [3.05, 3.63) is 0 Å². The third-order valence-corrected chi connectivity index (χ3v) is 4.69. The number of hydrogen-bond acceptors (Lipinski definition) is 1. The molecule has 1 saturated carbocycles. The summed E-state index contributed by atoms with van der Waals surface area (Å²) < 4.78 is 38.3. The number of rotatable bonds is 2. The van der Waals surface area contributed by atoms with Crippen molar-refractivity contribution in [1.29, 1.82) is 0 Å². The van der Waals surface area contributed by atoms with E-state index >= 15 is 0 Å². The third-order valence-electron chi connectivity index (χ3n) is 4.69. The number of likely N-dealkylation sites (tertiary alicyclic amines) is 1. The molecule has 1 aliphatic heterocycles. The number of alkyl halides is 3. The lowest BCUT2D eigenvalue weighted by Crippen LogP contribution is -2.38. The number of nitrogens with two attached hydrogens (primary N) is 1. The van der Waals surface area contributed by atoms with E-state index in [0.29, 0.717) is 18.9 Å². The number of aliphatic imine (C=N–C) groups is 1. The van der Waals surface area contributed by atoms with E-state index in [0.717, 1.165) is 32.4 Å². The van der Waals surface area contributed by atoms with Gasteiger partial charge in [0.25, 0.3) is 0 Å². The van der Waals surface area contributed by atoms with Gasteiger partial charge in [-0.25, -0.2) is 0 Å². The fourth-order valence-corrected chi connectivity index (χ4v) is 3.38. The molecule has 0 amide bonds. The highest BCUT2D eigenvalue weighted by atomic mass is 19.4. The van der Waals surface area contributed by atoms with E-state index in [1.165, 1.54) is 12.8 Å². The first-order valence-corrected chi connectivity index (χ1v) is 8.08. The molecule has 1 aliphatic carbocycles. The Bertz CT molecular complexity index is 347. The van der Waals surface area contributed by atoms with Gasteiger partial charge < -0.3 is 10.6 Å². The Morgan fingerprint density at radius 3 is 2.33 bits per heavy atom. The zero-order chi connectivity index (χ0) is 15.3. The van der Waals surface area contributed by atoms with Crippen molar-refractivity contribution in [1.82, 2.24) is 4.90 Å². The molecule has 2 unspecified atom stereocenters. The fourth-order valence-electron chi connectivity index (χ4n) is 3.38. The maximum absolute atomic E-state index is 12.8. The molecule has 1 saturated heterocycles. The number of guanidine groups is 1. The van der Waals surface area contributed by atoms with Crippen LogP contribution in [0, 0.1) is 11.8 Å². The van der Waals surface area contributed by atoms with E-state index in [-0.39, 0.29) is 18.8 Å². The quantitative estimate of drug-likeness (QED) is 0.626. The maximum Gasteiger partial charge on any atom is 0.391 e. The van der Waals surface area contributed by atoms with Gasteiger partial charge in [-0.15, -0.1) is 0 Å². The summed E-state index contributed by atoms with van der Waals surface area (Å²) in [6.07, 6.45) is 2.59. The molecule has 3 nitrogen and oxygen atoms in total. The highest BCUT2D eigenvalue weighted by Gasteiger charge is 2.41. The van der Waals surface area contributed by atoms with Gasteiger partial charge in [-0.05, 0) is 38.0 Å². The molecule has 21 heavy (non-hydrogen) atoms. The molecule has 2 aliphatic rings. The van der Waals surface area contributed by atoms with Crippen LogP contribution in [0.15, 0.2) is 4.99 Å². The Morgan fingerprint density at radius 2 is 1.71 bits per heavy atom. The van der Waals surface area contributed by atoms with E-state index in [9.17, 15) is 13.2 Å². The average Bonchev–Trinajstić information content (AvgIpc) is 2.73. The van der Waals surface area contributed by atoms with Gasteiger partial charge in [0.2, 0.25) is 0 Å². The van der Waals surface area contributed by atoms with Gasteiger partial charge in [0, 0.05) is 19.6 Å². The van der Waals surface area contributed by atoms with Crippen molar-refractivity contribution in [3.8, 4) is 0 Å². The van der Waals surface area contributed by atoms with E-state index in [2.05, 4.69) is 9.89 Å². The Kier molecular flexibility index (Phi) is 5.76. The Balaban J connectivity index is 1.84. The molecule has 2 N–H and O–H groups in total. The van der Waals surface area contributed by atoms with Crippen molar-refractivity contribution in [2.24, 2.45) is 22.6 Å². The zero-order valence-corrected chi connectivity index (χ0v) is 12.5. The molecule has 0 aromatic heterocycles. The van der Waals surface area contributed by atoms with Gasteiger partial charge in [0.05, 0.1) is 5.92 Å². The summed E-state index contributed by atoms with van der Waals surface area (Å²) in [7, 11) is 0. The first-order valence-electron chi connectivity index (χ1n) is 8.08. The zero-order valence-electron chi connectivity index (χ0n) is 12.5. The minimum atomic E-state index is -4.06. The molecule has 2 fully saturated rings. The molecule has 0 bridgehead atoms. The van der Waals surface area contributed by atoms with Crippen LogP contribution in [0.1, 0.15) is 51.4 Å². The van der Waals surface area contributed by atoms with Crippen molar-refractivity contribution in [2.45, 2.75) is 57.5 Å². The first kappa shape index (κ1) is 16.4. The van der Waals surface area contributed by atoms with Crippen LogP contribution in [-0.4, -0.2) is 36.7 Å². The van der Waals surface area contributed by atoms with Crippen LogP contribution in [0.3, 0.4) is 0 Å². The molecular weight excluding hydrogens is 279 g/mol. The minimum absolute atomic E-state index is 0.0240. The van der Waals surface area contributed by atoms with Crippen LogP contribution in [0.5, 0.6) is 0 Å². The average molecular weight is 305 g/mol. The SMILES string of the molecule is NC(=NCC1CCCC(C(F)(F)F)C1)N1CCCCCC1. The van der Waals surface area contributed by atoms with Crippen molar-refractivity contribution in [2.75, 3.05) is 19.6 Å². The lowest BCUT2D eigenvalue weighted by atomic mass is 9.81. The van der Waals surface area contributed by atoms with Crippen molar-refractivity contribution in [3.63, 3.8) is 0 Å². The Hall–Kier alpha value is -0.940. The maximum atomic E-state index is 12.8. The van der Waals surface area contributed by atoms with Crippen molar-refractivity contribution >= 4 is 5.96 Å². The van der Waals surface area contributed by atoms with Crippen LogP contribution >= 0.6 is 0 Å². The first-order chi connectivity index (χ1) is 9.97. The fraction of sp³-hybridized carbons (Fsp3) is 0.933. The molecule has 2 rings (SSSR count). The summed E-state index contributed by atoms with van der Waals surface area (Å²) in [6, 6.07) is 0. The highest BCUT2D eigenvalue weighted by Crippen LogP contribution is 2.39. The van der Waals surface area contributed by atoms with E-state index in [1.54, 1.807) is 0 Å². The molecule has 0 spiro atoms. The van der Waals surface area contributed by atoms with Gasteiger partial charge >= 0.3 is 6.18 Å². The molecule has 0 aromatic carbocycles. The number of halogens is 3. The lowest BCUT2D eigenvalue weighted by molar-refractivity contribution is -0.185. The Morgan fingerprint density at radius 1 is 1.05 bits per heavy atom. The smallest absolute Gasteiger partial charge is 0.370 e. The molecule has 6 heteroatoms. The predicted octanol–water partition coefficient (Wildman–Crippen LogP) is 3.55. The summed E-state index contributed by atoms with van der Waals surface area (Å²) in [6.45, 7) is 2.28. The van der Waals surface area contributed by atoms with Crippen LogP contribution in [0.2, 0.25) is 0 Å². The minimum Gasteiger partial charge on any atom is -0.370 e. The third kappa shape index (κ3) is 5.08. The van der Waals surface area contributed by atoms with Gasteiger partial charge in [0.1, 0.15) is 0 Å². The van der Waals surface area contributed by atoms with Crippen molar-refractivity contribution < 1.29 is 13.2 Å². The molecule has 0 radical (unpaired) electrons. The monoisotopic (exact) mass is 305 g/mol. The predicted molar refractivity (Wildman–Crippen MR) is 78.0 cm³/mol. The highest BCUT2D eigenvalue weighted by molar-refractivity contribution is 5.78. The second-order valence-corrected chi connectivity index (χ2v) is 6.37. The molecule has 2 atom stereocenters. The van der Waals surface area contributed by atoms with Gasteiger partial charge in [-0.3, -0.25) is 4.99 Å². The second kappa shape index (κ2) is 7.36. The van der Waals surface area contributed by atoms with Gasteiger partial charge in [-0.2, -0.15) is 13.2 Å². The summed E-state index contributed by atoms with van der Waals surface area (Å²) in [4.78, 5) is 6.46. The summed E-state index contributed by atoms with van der Waals surface area (Å²) in [5.74, 6) is -0.604. The van der Waals surface area contributed by atoms with Gasteiger partial charge in [0.15, 0.2) is 5.96 Å². The van der Waals surface area contributed by atoms with E-state index < -0.39 is 12.1 Å². The second-order valence-electron chi connectivity index (χ2n) is 6.37. The van der Waals surface area contributed by atoms with Crippen LogP contribution < -0.4 is 5.73 Å². The standard InChI is InChI=1S/C15H26F3N3/c16-15(17,18)13-7-5-6-12(10-13)11-20-14(19)21-8-3-1-2-4-9-21/h12-13H,1-11H2,(H2,19,20). The summed E-state index contributed by atoms with van der Waals surface area (Å²) in [5, 5.41) is 0. The number of nitrogens with zero attached hydrogens (tertiary/aromatic N) is 2. The lowest BCUT2D eigenvalue weighted by Gasteiger charge is -2.30. The van der Waals surface area contributed by atoms with Gasteiger partial charge in [-0.1, -0.05) is 19.3 Å². The van der Waals surface area contributed by atoms with E-state index in [1.807, 2.05) is 0 Å². The normalized spacial score (nSPS) is 29.3.